The lowest BCUT2D eigenvalue weighted by atomic mass is 10.2. The van der Waals surface area contributed by atoms with Gasteiger partial charge in [-0.2, -0.15) is 0 Å². The number of nitrogens with one attached hydrogen (secondary N) is 1. The van der Waals surface area contributed by atoms with Gasteiger partial charge in [0.05, 0.1) is 0 Å². The molecule has 3 rings (SSSR count). The van der Waals surface area contributed by atoms with Crippen LogP contribution < -0.4 is 10.2 Å². The maximum absolute atomic E-state index is 12.0. The van der Waals surface area contributed by atoms with Crippen molar-refractivity contribution < 1.29 is 13.9 Å². The molecule has 0 spiro atoms. The summed E-state index contributed by atoms with van der Waals surface area (Å²) < 4.78 is 10.4. The zero-order valence-corrected chi connectivity index (χ0v) is 13.4. The zero-order valence-electron chi connectivity index (χ0n) is 13.4. The van der Waals surface area contributed by atoms with Crippen molar-refractivity contribution in [2.45, 2.75) is 19.4 Å². The standard InChI is InChI=1S/C18H22N2O3/c1-22-13-15-7-8-17(23-15)18(21)19-10-4-11-20-12-9-14-5-2-3-6-16(14)20/h2-3,5-8H,4,9-13H2,1H3,(H,19,21). The number of hydrogen-bond acceptors (Lipinski definition) is 4. The number of rotatable bonds is 7. The number of para-hydroxylation sites is 1. The Bertz CT molecular complexity index is 666. The summed E-state index contributed by atoms with van der Waals surface area (Å²) in [7, 11) is 1.60. The molecule has 0 unspecified atom stereocenters. The molecule has 0 radical (unpaired) electrons. The van der Waals surface area contributed by atoms with Crippen LogP contribution in [0, 0.1) is 0 Å². The molecule has 0 saturated carbocycles. The summed E-state index contributed by atoms with van der Waals surface area (Å²) in [6.45, 7) is 3.02. The third-order valence-electron chi connectivity index (χ3n) is 4.05. The summed E-state index contributed by atoms with van der Waals surface area (Å²) in [5.41, 5.74) is 2.74. The van der Waals surface area contributed by atoms with Crippen molar-refractivity contribution in [1.29, 1.82) is 0 Å². The molecule has 2 heterocycles. The monoisotopic (exact) mass is 314 g/mol. The Balaban J connectivity index is 1.42. The number of furan rings is 1. The van der Waals surface area contributed by atoms with Gasteiger partial charge in [0.15, 0.2) is 5.76 Å². The Morgan fingerprint density at radius 3 is 3.04 bits per heavy atom. The third-order valence-corrected chi connectivity index (χ3v) is 4.05. The van der Waals surface area contributed by atoms with E-state index in [0.29, 0.717) is 24.7 Å². The Morgan fingerprint density at radius 1 is 1.30 bits per heavy atom. The topological polar surface area (TPSA) is 54.7 Å². The van der Waals surface area contributed by atoms with Gasteiger partial charge in [-0.15, -0.1) is 0 Å². The molecule has 0 atom stereocenters. The normalized spacial score (nSPS) is 13.2. The summed E-state index contributed by atoms with van der Waals surface area (Å²) in [5, 5.41) is 2.90. The number of methoxy groups -OCH3 is 1. The van der Waals surface area contributed by atoms with E-state index in [-0.39, 0.29) is 5.91 Å². The van der Waals surface area contributed by atoms with Crippen LogP contribution in [0.15, 0.2) is 40.8 Å². The number of fused-ring (bicyclic) bond motifs is 1. The molecule has 1 aromatic heterocycles. The van der Waals surface area contributed by atoms with Crippen LogP contribution in [0.4, 0.5) is 5.69 Å². The molecule has 1 amide bonds. The first kappa shape index (κ1) is 15.6. The Kier molecular flexibility index (Phi) is 4.98. The first-order valence-electron chi connectivity index (χ1n) is 7.96. The molecule has 1 aliphatic heterocycles. The molecule has 0 aliphatic carbocycles. The first-order valence-corrected chi connectivity index (χ1v) is 7.96. The molecule has 122 valence electrons. The van der Waals surface area contributed by atoms with E-state index in [1.54, 1.807) is 19.2 Å². The quantitative estimate of drug-likeness (QED) is 0.798. The average molecular weight is 314 g/mol. The van der Waals surface area contributed by atoms with Gasteiger partial charge in [0, 0.05) is 32.4 Å². The second-order valence-corrected chi connectivity index (χ2v) is 5.67. The van der Waals surface area contributed by atoms with Crippen LogP contribution in [0.2, 0.25) is 0 Å². The molecule has 0 fully saturated rings. The lowest BCUT2D eigenvalue weighted by Crippen LogP contribution is -2.28. The number of hydrogen-bond donors (Lipinski definition) is 1. The molecule has 1 aliphatic rings. The Hall–Kier alpha value is -2.27. The number of nitrogens with zero attached hydrogens (tertiary/aromatic N) is 1. The van der Waals surface area contributed by atoms with E-state index >= 15 is 0 Å². The van der Waals surface area contributed by atoms with Gasteiger partial charge in [0.2, 0.25) is 0 Å². The zero-order chi connectivity index (χ0) is 16.1. The molecule has 1 N–H and O–H groups in total. The van der Waals surface area contributed by atoms with Crippen molar-refractivity contribution in [1.82, 2.24) is 5.32 Å². The lowest BCUT2D eigenvalue weighted by molar-refractivity contribution is 0.0917. The fourth-order valence-electron chi connectivity index (χ4n) is 2.92. The fraction of sp³-hybridized carbons (Fsp3) is 0.389. The van der Waals surface area contributed by atoms with Crippen LogP contribution in [0.5, 0.6) is 0 Å². The van der Waals surface area contributed by atoms with E-state index in [9.17, 15) is 4.79 Å². The SMILES string of the molecule is COCc1ccc(C(=O)NCCCN2CCc3ccccc32)o1. The second kappa shape index (κ2) is 7.33. The predicted molar refractivity (Wildman–Crippen MR) is 88.7 cm³/mol. The molecule has 5 heteroatoms. The highest BCUT2D eigenvalue weighted by atomic mass is 16.5. The third kappa shape index (κ3) is 3.74. The summed E-state index contributed by atoms with van der Waals surface area (Å²) in [4.78, 5) is 14.4. The molecular formula is C18H22N2O3. The maximum Gasteiger partial charge on any atom is 0.286 e. The number of anilines is 1. The Labute approximate surface area is 136 Å². The number of amides is 1. The van der Waals surface area contributed by atoms with E-state index in [2.05, 4.69) is 34.5 Å². The summed E-state index contributed by atoms with van der Waals surface area (Å²) >= 11 is 0. The van der Waals surface area contributed by atoms with Crippen LogP contribution >= 0.6 is 0 Å². The minimum absolute atomic E-state index is 0.172. The van der Waals surface area contributed by atoms with Crippen molar-refractivity contribution in [3.05, 3.63) is 53.5 Å². The highest BCUT2D eigenvalue weighted by molar-refractivity contribution is 5.91. The molecule has 0 saturated heterocycles. The van der Waals surface area contributed by atoms with Gasteiger partial charge in [0.1, 0.15) is 12.4 Å². The van der Waals surface area contributed by atoms with E-state index < -0.39 is 0 Å². The minimum Gasteiger partial charge on any atom is -0.453 e. The smallest absolute Gasteiger partial charge is 0.286 e. The van der Waals surface area contributed by atoms with Crippen LogP contribution in [-0.4, -0.2) is 32.7 Å². The maximum atomic E-state index is 12.0. The van der Waals surface area contributed by atoms with Gasteiger partial charge >= 0.3 is 0 Å². The molecule has 23 heavy (non-hydrogen) atoms. The predicted octanol–water partition coefficient (Wildman–Crippen LogP) is 2.61. The van der Waals surface area contributed by atoms with Gasteiger partial charge < -0.3 is 19.4 Å². The molecular weight excluding hydrogens is 292 g/mol. The minimum atomic E-state index is -0.172. The molecule has 0 bridgehead atoms. The van der Waals surface area contributed by atoms with Gasteiger partial charge in [-0.25, -0.2) is 0 Å². The highest BCUT2D eigenvalue weighted by Gasteiger charge is 2.17. The van der Waals surface area contributed by atoms with Crippen molar-refractivity contribution in [3.63, 3.8) is 0 Å². The van der Waals surface area contributed by atoms with Gasteiger partial charge in [0.25, 0.3) is 5.91 Å². The van der Waals surface area contributed by atoms with Crippen LogP contribution in [0.1, 0.15) is 28.3 Å². The number of benzene rings is 1. The largest absolute Gasteiger partial charge is 0.453 e. The van der Waals surface area contributed by atoms with Crippen LogP contribution in [0.3, 0.4) is 0 Å². The van der Waals surface area contributed by atoms with Gasteiger partial charge in [-0.3, -0.25) is 4.79 Å². The summed E-state index contributed by atoms with van der Waals surface area (Å²) in [5.74, 6) is 0.823. The van der Waals surface area contributed by atoms with Crippen LogP contribution in [-0.2, 0) is 17.8 Å². The van der Waals surface area contributed by atoms with E-state index in [4.69, 9.17) is 9.15 Å². The highest BCUT2D eigenvalue weighted by Crippen LogP contribution is 2.27. The fourth-order valence-corrected chi connectivity index (χ4v) is 2.92. The summed E-state index contributed by atoms with van der Waals surface area (Å²) in [6.07, 6.45) is 2.02. The number of carbonyl (C=O) groups is 1. The summed E-state index contributed by atoms with van der Waals surface area (Å²) in [6, 6.07) is 12.0. The van der Waals surface area contributed by atoms with Crippen molar-refractivity contribution in [3.8, 4) is 0 Å². The number of ether oxygens (including phenoxy) is 1. The van der Waals surface area contributed by atoms with E-state index in [1.807, 2.05) is 0 Å². The van der Waals surface area contributed by atoms with E-state index in [0.717, 1.165) is 25.9 Å². The molecule has 5 nitrogen and oxygen atoms in total. The van der Waals surface area contributed by atoms with Crippen molar-refractivity contribution in [2.75, 3.05) is 31.6 Å². The van der Waals surface area contributed by atoms with E-state index in [1.165, 1.54) is 11.3 Å². The molecule has 2 aromatic rings. The van der Waals surface area contributed by atoms with Gasteiger partial charge in [-0.1, -0.05) is 18.2 Å². The lowest BCUT2D eigenvalue weighted by Gasteiger charge is -2.19. The average Bonchev–Trinajstić information content (AvgIpc) is 3.19. The van der Waals surface area contributed by atoms with Crippen LogP contribution in [0.25, 0.3) is 0 Å². The van der Waals surface area contributed by atoms with Gasteiger partial charge in [-0.05, 0) is 36.6 Å². The number of carbonyl (C=O) groups excluding carboxylic acids is 1. The molecule has 1 aromatic carbocycles. The first-order chi connectivity index (χ1) is 11.3. The van der Waals surface area contributed by atoms with Crippen molar-refractivity contribution in [2.24, 2.45) is 0 Å². The van der Waals surface area contributed by atoms with Crippen molar-refractivity contribution >= 4 is 11.6 Å². The second-order valence-electron chi connectivity index (χ2n) is 5.67. The Morgan fingerprint density at radius 2 is 2.17 bits per heavy atom.